The van der Waals surface area contributed by atoms with E-state index in [-0.39, 0.29) is 5.56 Å². The minimum absolute atomic E-state index is 0.0736. The van der Waals surface area contributed by atoms with Crippen molar-refractivity contribution in [2.24, 2.45) is 7.05 Å². The Morgan fingerprint density at radius 3 is 2.72 bits per heavy atom. The van der Waals surface area contributed by atoms with Crippen LogP contribution >= 0.6 is 15.9 Å². The zero-order chi connectivity index (χ0) is 13.3. The highest BCUT2D eigenvalue weighted by Crippen LogP contribution is 2.17. The van der Waals surface area contributed by atoms with E-state index < -0.39 is 0 Å². The van der Waals surface area contributed by atoms with Crippen LogP contribution in [0.15, 0.2) is 33.9 Å². The standard InChI is InChI=1S/C12H15BrN4O/c1-8(2)17-7-10(5-14-17)15-11-4-9(13)6-16(3)12(11)18/h4-8,15H,1-3H3. The summed E-state index contributed by atoms with van der Waals surface area (Å²) >= 11 is 3.37. The predicted molar refractivity (Wildman–Crippen MR) is 75.3 cm³/mol. The lowest BCUT2D eigenvalue weighted by Gasteiger charge is -2.06. The van der Waals surface area contributed by atoms with Gasteiger partial charge in [-0.25, -0.2) is 0 Å². The minimum Gasteiger partial charge on any atom is -0.348 e. The number of aromatic nitrogens is 3. The number of hydrogen-bond donors (Lipinski definition) is 1. The summed E-state index contributed by atoms with van der Waals surface area (Å²) in [5.74, 6) is 0. The van der Waals surface area contributed by atoms with Crippen LogP contribution < -0.4 is 10.9 Å². The molecule has 0 aliphatic rings. The molecule has 2 aromatic rings. The molecule has 5 nitrogen and oxygen atoms in total. The van der Waals surface area contributed by atoms with E-state index in [0.717, 1.165) is 10.2 Å². The van der Waals surface area contributed by atoms with Crippen molar-refractivity contribution in [3.05, 3.63) is 39.5 Å². The fourth-order valence-electron chi connectivity index (χ4n) is 1.60. The molecule has 2 rings (SSSR count). The van der Waals surface area contributed by atoms with Crippen molar-refractivity contribution in [3.63, 3.8) is 0 Å². The predicted octanol–water partition coefficient (Wildman–Crippen LogP) is 2.67. The number of rotatable bonds is 3. The maximum absolute atomic E-state index is 11.9. The van der Waals surface area contributed by atoms with Gasteiger partial charge in [-0.15, -0.1) is 0 Å². The van der Waals surface area contributed by atoms with Gasteiger partial charge in [0.1, 0.15) is 5.69 Å². The Morgan fingerprint density at radius 2 is 2.11 bits per heavy atom. The number of aryl methyl sites for hydroxylation is 1. The van der Waals surface area contributed by atoms with Crippen LogP contribution in [-0.4, -0.2) is 14.3 Å². The molecule has 0 amide bonds. The monoisotopic (exact) mass is 310 g/mol. The van der Waals surface area contributed by atoms with E-state index in [1.54, 1.807) is 25.5 Å². The number of hydrogen-bond acceptors (Lipinski definition) is 3. The molecule has 0 saturated carbocycles. The van der Waals surface area contributed by atoms with Crippen LogP contribution in [-0.2, 0) is 7.05 Å². The summed E-state index contributed by atoms with van der Waals surface area (Å²) < 4.78 is 4.22. The lowest BCUT2D eigenvalue weighted by molar-refractivity contribution is 0.532. The SMILES string of the molecule is CC(C)n1cc(Nc2cc(Br)cn(C)c2=O)cn1. The summed E-state index contributed by atoms with van der Waals surface area (Å²) in [5.41, 5.74) is 1.25. The Labute approximate surface area is 114 Å². The Balaban J connectivity index is 2.31. The Kier molecular flexibility index (Phi) is 3.56. The van der Waals surface area contributed by atoms with Crippen molar-refractivity contribution in [2.75, 3.05) is 5.32 Å². The van der Waals surface area contributed by atoms with E-state index in [1.165, 1.54) is 4.57 Å². The summed E-state index contributed by atoms with van der Waals surface area (Å²) in [5, 5.41) is 7.30. The molecule has 6 heteroatoms. The van der Waals surface area contributed by atoms with Gasteiger partial charge in [0.15, 0.2) is 0 Å². The summed E-state index contributed by atoms with van der Waals surface area (Å²) in [7, 11) is 1.72. The van der Waals surface area contributed by atoms with Gasteiger partial charge in [0, 0.05) is 30.0 Å². The first kappa shape index (κ1) is 12.9. The van der Waals surface area contributed by atoms with E-state index in [2.05, 4.69) is 40.2 Å². The molecule has 0 unspecified atom stereocenters. The summed E-state index contributed by atoms with van der Waals surface area (Å²) in [6.45, 7) is 4.10. The first-order valence-corrected chi connectivity index (χ1v) is 6.44. The lowest BCUT2D eigenvalue weighted by Crippen LogP contribution is -2.18. The molecule has 0 atom stereocenters. The third-order valence-corrected chi connectivity index (χ3v) is 2.99. The normalized spacial score (nSPS) is 10.9. The average molecular weight is 311 g/mol. The van der Waals surface area contributed by atoms with Crippen molar-refractivity contribution in [3.8, 4) is 0 Å². The van der Waals surface area contributed by atoms with Gasteiger partial charge in [-0.05, 0) is 35.8 Å². The van der Waals surface area contributed by atoms with E-state index in [0.29, 0.717) is 11.7 Å². The number of anilines is 2. The van der Waals surface area contributed by atoms with Gasteiger partial charge in [0.2, 0.25) is 0 Å². The zero-order valence-corrected chi connectivity index (χ0v) is 12.1. The molecule has 96 valence electrons. The molecular formula is C12H15BrN4O. The van der Waals surface area contributed by atoms with Gasteiger partial charge >= 0.3 is 0 Å². The number of pyridine rings is 1. The first-order chi connectivity index (χ1) is 8.47. The van der Waals surface area contributed by atoms with Crippen LogP contribution in [0.3, 0.4) is 0 Å². The second-order valence-electron chi connectivity index (χ2n) is 4.42. The van der Waals surface area contributed by atoms with Gasteiger partial charge in [-0.3, -0.25) is 9.48 Å². The Morgan fingerprint density at radius 1 is 1.39 bits per heavy atom. The average Bonchev–Trinajstić information content (AvgIpc) is 2.74. The van der Waals surface area contributed by atoms with Crippen LogP contribution in [0.25, 0.3) is 0 Å². The summed E-state index contributed by atoms with van der Waals surface area (Å²) in [6, 6.07) is 2.06. The fourth-order valence-corrected chi connectivity index (χ4v) is 2.14. The van der Waals surface area contributed by atoms with Gasteiger partial charge < -0.3 is 9.88 Å². The van der Waals surface area contributed by atoms with Crippen molar-refractivity contribution >= 4 is 27.3 Å². The van der Waals surface area contributed by atoms with Crippen LogP contribution in [0.2, 0.25) is 0 Å². The quantitative estimate of drug-likeness (QED) is 0.948. The van der Waals surface area contributed by atoms with Crippen LogP contribution in [0.4, 0.5) is 11.4 Å². The van der Waals surface area contributed by atoms with Crippen molar-refractivity contribution in [2.45, 2.75) is 19.9 Å². The van der Waals surface area contributed by atoms with Gasteiger partial charge in [0.25, 0.3) is 5.56 Å². The van der Waals surface area contributed by atoms with Gasteiger partial charge in [-0.1, -0.05) is 0 Å². The lowest BCUT2D eigenvalue weighted by atomic mass is 10.4. The molecule has 1 N–H and O–H groups in total. The molecule has 0 aliphatic heterocycles. The molecule has 0 aromatic carbocycles. The molecule has 0 saturated heterocycles. The maximum Gasteiger partial charge on any atom is 0.274 e. The van der Waals surface area contributed by atoms with E-state index >= 15 is 0 Å². The van der Waals surface area contributed by atoms with Crippen LogP contribution in [0.5, 0.6) is 0 Å². The van der Waals surface area contributed by atoms with Crippen molar-refractivity contribution in [1.82, 2.24) is 14.3 Å². The highest BCUT2D eigenvalue weighted by molar-refractivity contribution is 9.10. The molecule has 2 heterocycles. The fraction of sp³-hybridized carbons (Fsp3) is 0.333. The molecule has 0 fully saturated rings. The van der Waals surface area contributed by atoms with Gasteiger partial charge in [-0.2, -0.15) is 5.10 Å². The zero-order valence-electron chi connectivity index (χ0n) is 10.5. The highest BCUT2D eigenvalue weighted by Gasteiger charge is 2.06. The largest absolute Gasteiger partial charge is 0.348 e. The molecule has 0 spiro atoms. The third kappa shape index (κ3) is 2.64. The minimum atomic E-state index is -0.0736. The van der Waals surface area contributed by atoms with Crippen molar-refractivity contribution < 1.29 is 0 Å². The molecule has 2 aromatic heterocycles. The van der Waals surface area contributed by atoms with E-state index in [9.17, 15) is 4.79 Å². The van der Waals surface area contributed by atoms with E-state index in [4.69, 9.17) is 0 Å². The number of halogens is 1. The maximum atomic E-state index is 11.9. The molecular weight excluding hydrogens is 296 g/mol. The number of nitrogens with one attached hydrogen (secondary N) is 1. The van der Waals surface area contributed by atoms with Crippen molar-refractivity contribution in [1.29, 1.82) is 0 Å². The Hall–Kier alpha value is -1.56. The summed E-state index contributed by atoms with van der Waals surface area (Å²) in [6.07, 6.45) is 5.32. The smallest absolute Gasteiger partial charge is 0.274 e. The topological polar surface area (TPSA) is 51.9 Å². The second-order valence-corrected chi connectivity index (χ2v) is 5.33. The van der Waals surface area contributed by atoms with E-state index in [1.807, 2.05) is 10.9 Å². The molecule has 0 aliphatic carbocycles. The highest BCUT2D eigenvalue weighted by atomic mass is 79.9. The van der Waals surface area contributed by atoms with Gasteiger partial charge in [0.05, 0.1) is 11.9 Å². The first-order valence-electron chi connectivity index (χ1n) is 5.64. The number of nitrogens with zero attached hydrogens (tertiary/aromatic N) is 3. The molecule has 18 heavy (non-hydrogen) atoms. The Bertz CT molecular complexity index is 615. The molecule has 0 bridgehead atoms. The van der Waals surface area contributed by atoms with Crippen LogP contribution in [0, 0.1) is 0 Å². The second kappa shape index (κ2) is 4.97. The summed E-state index contributed by atoms with van der Waals surface area (Å²) in [4.78, 5) is 11.9. The molecule has 0 radical (unpaired) electrons. The van der Waals surface area contributed by atoms with Crippen LogP contribution in [0.1, 0.15) is 19.9 Å². The third-order valence-electron chi connectivity index (χ3n) is 2.56.